The SMILES string of the molecule is C=C(/C=C\N=C(C)OCCCOC[C@H](C)OC)C(=C)c1cc(O)ccc1N(C)C1CCCCO1. The number of benzene rings is 1. The van der Waals surface area contributed by atoms with Crippen molar-refractivity contribution in [2.24, 2.45) is 4.99 Å². The molecule has 1 aromatic carbocycles. The molecule has 7 heteroatoms. The predicted molar refractivity (Wildman–Crippen MR) is 138 cm³/mol. The van der Waals surface area contributed by atoms with Gasteiger partial charge in [-0.15, -0.1) is 0 Å². The molecule has 0 saturated carbocycles. The Kier molecular flexibility index (Phi) is 11.9. The molecule has 0 amide bonds. The first-order chi connectivity index (χ1) is 16.3. The van der Waals surface area contributed by atoms with E-state index in [0.29, 0.717) is 36.9 Å². The van der Waals surface area contributed by atoms with Crippen LogP contribution in [0.4, 0.5) is 5.69 Å². The van der Waals surface area contributed by atoms with Crippen LogP contribution in [-0.2, 0) is 18.9 Å². The number of hydrogen-bond donors (Lipinski definition) is 1. The number of phenolic OH excluding ortho intramolecular Hbond substituents is 1. The summed E-state index contributed by atoms with van der Waals surface area (Å²) < 4.78 is 22.2. The van der Waals surface area contributed by atoms with Crippen molar-refractivity contribution in [1.29, 1.82) is 0 Å². The third kappa shape index (κ3) is 8.97. The number of hydrogen-bond acceptors (Lipinski definition) is 7. The Morgan fingerprint density at radius 3 is 2.82 bits per heavy atom. The van der Waals surface area contributed by atoms with Crippen LogP contribution >= 0.6 is 0 Å². The van der Waals surface area contributed by atoms with Gasteiger partial charge in [-0.05, 0) is 61.6 Å². The maximum Gasteiger partial charge on any atom is 0.184 e. The zero-order chi connectivity index (χ0) is 24.9. The minimum absolute atomic E-state index is 0.00632. The van der Waals surface area contributed by atoms with Crippen molar-refractivity contribution in [3.63, 3.8) is 0 Å². The van der Waals surface area contributed by atoms with Gasteiger partial charge >= 0.3 is 0 Å². The zero-order valence-corrected chi connectivity index (χ0v) is 21.1. The first-order valence-corrected chi connectivity index (χ1v) is 11.8. The van der Waals surface area contributed by atoms with E-state index in [1.165, 1.54) is 0 Å². The van der Waals surface area contributed by atoms with Gasteiger partial charge in [0.05, 0.1) is 19.3 Å². The van der Waals surface area contributed by atoms with E-state index in [2.05, 4.69) is 23.1 Å². The van der Waals surface area contributed by atoms with Crippen LogP contribution in [0.3, 0.4) is 0 Å². The monoisotopic (exact) mass is 472 g/mol. The molecule has 2 rings (SSSR count). The smallest absolute Gasteiger partial charge is 0.184 e. The standard InChI is InChI=1S/C27H40N2O5/c1-20(13-14-28-23(4)33-17-9-15-32-19-21(2)31-6)22(3)25-18-24(30)11-12-26(25)29(5)27-10-7-8-16-34-27/h11-14,18,21,27,30H,1,3,7-10,15-17,19H2,2,4-6H3/b14-13-,28-23?/t21-,27?/m0/s1. The van der Waals surface area contributed by atoms with Crippen molar-refractivity contribution in [2.45, 2.75) is 51.9 Å². The molecule has 1 heterocycles. The van der Waals surface area contributed by atoms with Crippen molar-refractivity contribution >= 4 is 17.2 Å². The molecule has 2 atom stereocenters. The Hall–Kier alpha value is -2.61. The molecule has 0 aromatic heterocycles. The molecule has 1 saturated heterocycles. The highest BCUT2D eigenvalue weighted by Gasteiger charge is 2.22. The van der Waals surface area contributed by atoms with E-state index in [1.54, 1.807) is 31.5 Å². The van der Waals surface area contributed by atoms with Crippen LogP contribution in [0.25, 0.3) is 5.57 Å². The van der Waals surface area contributed by atoms with Gasteiger partial charge in [0.2, 0.25) is 0 Å². The molecule has 1 aromatic rings. The highest BCUT2D eigenvalue weighted by molar-refractivity contribution is 5.87. The molecular weight excluding hydrogens is 432 g/mol. The summed E-state index contributed by atoms with van der Waals surface area (Å²) >= 11 is 0. The second kappa shape index (κ2) is 14.6. The van der Waals surface area contributed by atoms with E-state index in [-0.39, 0.29) is 18.1 Å². The number of ether oxygens (including phenoxy) is 4. The Balaban J connectivity index is 1.91. The minimum Gasteiger partial charge on any atom is -0.508 e. The highest BCUT2D eigenvalue weighted by atomic mass is 16.5. The number of nitrogens with zero attached hydrogens (tertiary/aromatic N) is 2. The Bertz CT molecular complexity index is 859. The van der Waals surface area contributed by atoms with Crippen LogP contribution in [0.1, 0.15) is 45.1 Å². The van der Waals surface area contributed by atoms with E-state index < -0.39 is 0 Å². The topological polar surface area (TPSA) is 72.8 Å². The summed E-state index contributed by atoms with van der Waals surface area (Å²) in [6.45, 7) is 14.6. The number of aromatic hydroxyl groups is 1. The van der Waals surface area contributed by atoms with Gasteiger partial charge in [0.15, 0.2) is 5.90 Å². The molecule has 0 aliphatic carbocycles. The largest absolute Gasteiger partial charge is 0.508 e. The summed E-state index contributed by atoms with van der Waals surface area (Å²) in [5.74, 6) is 0.740. The van der Waals surface area contributed by atoms with Gasteiger partial charge in [0.25, 0.3) is 0 Å². The normalized spacial score (nSPS) is 17.5. The van der Waals surface area contributed by atoms with Crippen molar-refractivity contribution < 1.29 is 24.1 Å². The third-order valence-corrected chi connectivity index (χ3v) is 5.69. The molecule has 1 fully saturated rings. The number of rotatable bonds is 13. The number of allylic oxidation sites excluding steroid dienone is 3. The van der Waals surface area contributed by atoms with E-state index in [0.717, 1.165) is 43.5 Å². The van der Waals surface area contributed by atoms with Gasteiger partial charge in [-0.3, -0.25) is 0 Å². The molecule has 0 spiro atoms. The van der Waals surface area contributed by atoms with Gasteiger partial charge in [0.1, 0.15) is 12.0 Å². The summed E-state index contributed by atoms with van der Waals surface area (Å²) in [6, 6.07) is 5.28. The van der Waals surface area contributed by atoms with E-state index in [9.17, 15) is 5.11 Å². The van der Waals surface area contributed by atoms with Crippen LogP contribution in [0.2, 0.25) is 0 Å². The van der Waals surface area contributed by atoms with Crippen molar-refractivity contribution in [3.05, 3.63) is 54.8 Å². The predicted octanol–water partition coefficient (Wildman–Crippen LogP) is 5.31. The number of anilines is 1. The van der Waals surface area contributed by atoms with E-state index in [4.69, 9.17) is 18.9 Å². The molecular formula is C27H40N2O5. The Labute approximate surface area is 204 Å². The molecule has 1 aliphatic heterocycles. The highest BCUT2D eigenvalue weighted by Crippen LogP contribution is 2.35. The summed E-state index contributed by atoms with van der Waals surface area (Å²) in [5, 5.41) is 10.1. The molecule has 188 valence electrons. The lowest BCUT2D eigenvalue weighted by Gasteiger charge is -2.34. The first kappa shape index (κ1) is 27.6. The van der Waals surface area contributed by atoms with Crippen LogP contribution in [0.5, 0.6) is 5.75 Å². The van der Waals surface area contributed by atoms with E-state index in [1.807, 2.05) is 27.0 Å². The van der Waals surface area contributed by atoms with Crippen LogP contribution in [0.15, 0.2) is 54.2 Å². The average molecular weight is 473 g/mol. The van der Waals surface area contributed by atoms with Crippen molar-refractivity contribution in [2.75, 3.05) is 45.5 Å². The molecule has 0 bridgehead atoms. The summed E-state index contributed by atoms with van der Waals surface area (Å²) in [4.78, 5) is 6.42. The van der Waals surface area contributed by atoms with Crippen LogP contribution in [-0.4, -0.2) is 63.9 Å². The summed E-state index contributed by atoms with van der Waals surface area (Å²) in [7, 11) is 3.67. The fraction of sp³-hybridized carbons (Fsp3) is 0.519. The Morgan fingerprint density at radius 1 is 1.32 bits per heavy atom. The molecule has 0 radical (unpaired) electrons. The van der Waals surface area contributed by atoms with Gasteiger partial charge in [-0.25, -0.2) is 4.99 Å². The number of phenols is 1. The molecule has 1 aliphatic rings. The molecule has 1 unspecified atom stereocenters. The molecule has 1 N–H and O–H groups in total. The fourth-order valence-electron chi connectivity index (χ4n) is 3.50. The minimum atomic E-state index is 0.00632. The lowest BCUT2D eigenvalue weighted by molar-refractivity contribution is 0.0150. The first-order valence-electron chi connectivity index (χ1n) is 11.8. The summed E-state index contributed by atoms with van der Waals surface area (Å²) in [5.41, 5.74) is 3.16. The van der Waals surface area contributed by atoms with Gasteiger partial charge < -0.3 is 29.0 Å². The third-order valence-electron chi connectivity index (χ3n) is 5.69. The molecule has 7 nitrogen and oxygen atoms in total. The number of aliphatic imine (C=N–C) groups is 1. The second-order valence-electron chi connectivity index (χ2n) is 8.42. The Morgan fingerprint density at radius 2 is 2.12 bits per heavy atom. The lowest BCUT2D eigenvalue weighted by Crippen LogP contribution is -2.37. The summed E-state index contributed by atoms with van der Waals surface area (Å²) in [6.07, 6.45) is 7.50. The maximum atomic E-state index is 10.1. The van der Waals surface area contributed by atoms with Gasteiger partial charge in [-0.2, -0.15) is 0 Å². The van der Waals surface area contributed by atoms with Crippen LogP contribution < -0.4 is 4.90 Å². The van der Waals surface area contributed by atoms with Crippen molar-refractivity contribution in [1.82, 2.24) is 0 Å². The second-order valence-corrected chi connectivity index (χ2v) is 8.42. The van der Waals surface area contributed by atoms with Gasteiger partial charge in [0, 0.05) is 58.2 Å². The van der Waals surface area contributed by atoms with E-state index >= 15 is 0 Å². The zero-order valence-electron chi connectivity index (χ0n) is 21.1. The quantitative estimate of drug-likeness (QED) is 0.181. The number of methoxy groups -OCH3 is 1. The fourth-order valence-corrected chi connectivity index (χ4v) is 3.50. The average Bonchev–Trinajstić information content (AvgIpc) is 2.85. The van der Waals surface area contributed by atoms with Crippen LogP contribution in [0, 0.1) is 0 Å². The molecule has 34 heavy (non-hydrogen) atoms. The lowest BCUT2D eigenvalue weighted by atomic mass is 9.97. The maximum absolute atomic E-state index is 10.1. The van der Waals surface area contributed by atoms with Crippen molar-refractivity contribution in [3.8, 4) is 5.75 Å². The van der Waals surface area contributed by atoms with Gasteiger partial charge in [-0.1, -0.05) is 13.2 Å².